The molecule has 0 aromatic carbocycles. The Morgan fingerprint density at radius 3 is 3.15 bits per heavy atom. The first-order chi connectivity index (χ1) is 6.22. The Morgan fingerprint density at radius 1 is 1.77 bits per heavy atom. The molecule has 0 spiro atoms. The molecule has 0 saturated carbocycles. The Labute approximate surface area is 82.9 Å². The van der Waals surface area contributed by atoms with Crippen molar-refractivity contribution in [1.82, 2.24) is 9.97 Å². The van der Waals surface area contributed by atoms with Crippen molar-refractivity contribution in [3.05, 3.63) is 30.2 Å². The van der Waals surface area contributed by atoms with Crippen molar-refractivity contribution in [2.24, 2.45) is 0 Å². The highest BCUT2D eigenvalue weighted by Crippen LogP contribution is 2.08. The van der Waals surface area contributed by atoms with Gasteiger partial charge in [-0.1, -0.05) is 6.08 Å². The summed E-state index contributed by atoms with van der Waals surface area (Å²) in [5, 5.41) is 3.44. The standard InChI is InChI=1S/C9H12ClN3/c1-3-4-7(2)12-8-5-6-11-9(10)13-8/h3,5-7H,1,4H2,2H3,(H,11,12,13). The van der Waals surface area contributed by atoms with Crippen LogP contribution in [0.4, 0.5) is 5.82 Å². The van der Waals surface area contributed by atoms with Gasteiger partial charge in [0.05, 0.1) is 0 Å². The van der Waals surface area contributed by atoms with Gasteiger partial charge in [-0.15, -0.1) is 6.58 Å². The average molecular weight is 198 g/mol. The summed E-state index contributed by atoms with van der Waals surface area (Å²) in [6.07, 6.45) is 4.38. The number of rotatable bonds is 4. The molecule has 1 unspecified atom stereocenters. The molecule has 1 heterocycles. The SMILES string of the molecule is C=CCC(C)Nc1ccnc(Cl)n1. The maximum atomic E-state index is 5.62. The van der Waals surface area contributed by atoms with E-state index in [1.165, 1.54) is 0 Å². The van der Waals surface area contributed by atoms with Crippen molar-refractivity contribution in [3.63, 3.8) is 0 Å². The largest absolute Gasteiger partial charge is 0.367 e. The fourth-order valence-electron chi connectivity index (χ4n) is 0.977. The van der Waals surface area contributed by atoms with Gasteiger partial charge in [0, 0.05) is 12.2 Å². The van der Waals surface area contributed by atoms with Gasteiger partial charge in [0.25, 0.3) is 0 Å². The third kappa shape index (κ3) is 3.42. The molecule has 13 heavy (non-hydrogen) atoms. The summed E-state index contributed by atoms with van der Waals surface area (Å²) in [5.41, 5.74) is 0. The van der Waals surface area contributed by atoms with E-state index in [1.807, 2.05) is 6.08 Å². The van der Waals surface area contributed by atoms with Gasteiger partial charge in [0.2, 0.25) is 5.28 Å². The lowest BCUT2D eigenvalue weighted by atomic mass is 10.2. The molecular formula is C9H12ClN3. The normalized spacial score (nSPS) is 12.2. The summed E-state index contributed by atoms with van der Waals surface area (Å²) in [6.45, 7) is 5.71. The van der Waals surface area contributed by atoms with Gasteiger partial charge >= 0.3 is 0 Å². The second-order valence-electron chi connectivity index (χ2n) is 2.78. The first-order valence-electron chi connectivity index (χ1n) is 4.08. The van der Waals surface area contributed by atoms with E-state index < -0.39 is 0 Å². The predicted molar refractivity (Wildman–Crippen MR) is 54.9 cm³/mol. The minimum Gasteiger partial charge on any atom is -0.367 e. The molecule has 1 N–H and O–H groups in total. The molecule has 0 amide bonds. The summed E-state index contributed by atoms with van der Waals surface area (Å²) in [6, 6.07) is 2.09. The monoisotopic (exact) mass is 197 g/mol. The molecule has 0 fully saturated rings. The van der Waals surface area contributed by atoms with Gasteiger partial charge in [0.1, 0.15) is 5.82 Å². The molecule has 0 saturated heterocycles. The molecule has 0 aliphatic heterocycles. The maximum absolute atomic E-state index is 5.62. The first-order valence-corrected chi connectivity index (χ1v) is 4.46. The highest BCUT2D eigenvalue weighted by atomic mass is 35.5. The molecule has 70 valence electrons. The van der Waals surface area contributed by atoms with Crippen molar-refractivity contribution in [2.75, 3.05) is 5.32 Å². The quantitative estimate of drug-likeness (QED) is 0.596. The van der Waals surface area contributed by atoms with E-state index in [0.717, 1.165) is 12.2 Å². The molecule has 0 radical (unpaired) electrons. The van der Waals surface area contributed by atoms with Crippen LogP contribution in [0, 0.1) is 0 Å². The number of hydrogen-bond donors (Lipinski definition) is 1. The lowest BCUT2D eigenvalue weighted by molar-refractivity contribution is 0.806. The van der Waals surface area contributed by atoms with Gasteiger partial charge in [0.15, 0.2) is 0 Å². The number of nitrogens with zero attached hydrogens (tertiary/aromatic N) is 2. The van der Waals surface area contributed by atoms with Crippen LogP contribution in [0.25, 0.3) is 0 Å². The number of nitrogens with one attached hydrogen (secondary N) is 1. The van der Waals surface area contributed by atoms with Gasteiger partial charge in [-0.3, -0.25) is 0 Å². The molecule has 3 nitrogen and oxygen atoms in total. The summed E-state index contributed by atoms with van der Waals surface area (Å²) in [7, 11) is 0. The molecule has 0 aliphatic carbocycles. The molecular weight excluding hydrogens is 186 g/mol. The topological polar surface area (TPSA) is 37.8 Å². The molecule has 1 rings (SSSR count). The molecule has 4 heteroatoms. The van der Waals surface area contributed by atoms with Crippen molar-refractivity contribution in [1.29, 1.82) is 0 Å². The minimum atomic E-state index is 0.260. The van der Waals surface area contributed by atoms with Crippen LogP contribution in [0.5, 0.6) is 0 Å². The van der Waals surface area contributed by atoms with E-state index >= 15 is 0 Å². The highest BCUT2D eigenvalue weighted by Gasteiger charge is 2.00. The van der Waals surface area contributed by atoms with Gasteiger partial charge < -0.3 is 5.32 Å². The van der Waals surface area contributed by atoms with Gasteiger partial charge in [-0.25, -0.2) is 9.97 Å². The smallest absolute Gasteiger partial charge is 0.224 e. The van der Waals surface area contributed by atoms with Crippen LogP contribution in [0.15, 0.2) is 24.9 Å². The van der Waals surface area contributed by atoms with Crippen LogP contribution >= 0.6 is 11.6 Å². The van der Waals surface area contributed by atoms with Crippen molar-refractivity contribution >= 4 is 17.4 Å². The van der Waals surface area contributed by atoms with Crippen molar-refractivity contribution < 1.29 is 0 Å². The van der Waals surface area contributed by atoms with Crippen LogP contribution in [-0.4, -0.2) is 16.0 Å². The van der Waals surface area contributed by atoms with E-state index in [0.29, 0.717) is 6.04 Å². The van der Waals surface area contributed by atoms with E-state index in [1.54, 1.807) is 12.3 Å². The van der Waals surface area contributed by atoms with Crippen molar-refractivity contribution in [2.45, 2.75) is 19.4 Å². The van der Waals surface area contributed by atoms with Gasteiger partial charge in [-0.2, -0.15) is 0 Å². The van der Waals surface area contributed by atoms with E-state index in [4.69, 9.17) is 11.6 Å². The molecule has 0 aliphatic rings. The zero-order chi connectivity index (χ0) is 9.68. The number of anilines is 1. The third-order valence-corrected chi connectivity index (χ3v) is 1.72. The lowest BCUT2D eigenvalue weighted by Crippen LogP contribution is -2.14. The Balaban J connectivity index is 2.58. The van der Waals surface area contributed by atoms with Crippen molar-refractivity contribution in [3.8, 4) is 0 Å². The lowest BCUT2D eigenvalue weighted by Gasteiger charge is -2.11. The Bertz CT molecular complexity index is 288. The second kappa shape index (κ2) is 4.82. The predicted octanol–water partition coefficient (Wildman–Crippen LogP) is 2.51. The molecule has 1 atom stereocenters. The third-order valence-electron chi connectivity index (χ3n) is 1.54. The highest BCUT2D eigenvalue weighted by molar-refractivity contribution is 6.28. The van der Waals surface area contributed by atoms with Crippen LogP contribution in [0.2, 0.25) is 5.28 Å². The summed E-state index contributed by atoms with van der Waals surface area (Å²) < 4.78 is 0. The summed E-state index contributed by atoms with van der Waals surface area (Å²) in [5.74, 6) is 0.745. The zero-order valence-electron chi connectivity index (χ0n) is 7.50. The number of hydrogen-bond acceptors (Lipinski definition) is 3. The van der Waals surface area contributed by atoms with Gasteiger partial charge in [-0.05, 0) is 31.0 Å². The zero-order valence-corrected chi connectivity index (χ0v) is 8.25. The van der Waals surface area contributed by atoms with E-state index in [2.05, 4.69) is 28.8 Å². The first kappa shape index (κ1) is 9.99. The Morgan fingerprint density at radius 2 is 2.54 bits per heavy atom. The maximum Gasteiger partial charge on any atom is 0.224 e. The fraction of sp³-hybridized carbons (Fsp3) is 0.333. The molecule has 1 aromatic rings. The summed E-state index contributed by atoms with van der Waals surface area (Å²) >= 11 is 5.62. The molecule has 1 aromatic heterocycles. The Hall–Kier alpha value is -1.09. The fourth-order valence-corrected chi connectivity index (χ4v) is 1.12. The Kier molecular flexibility index (Phi) is 3.71. The van der Waals surface area contributed by atoms with Crippen LogP contribution in [0.3, 0.4) is 0 Å². The van der Waals surface area contributed by atoms with Crippen LogP contribution in [-0.2, 0) is 0 Å². The van der Waals surface area contributed by atoms with Crippen LogP contribution in [0.1, 0.15) is 13.3 Å². The number of halogens is 1. The van der Waals surface area contributed by atoms with Crippen LogP contribution < -0.4 is 5.32 Å². The summed E-state index contributed by atoms with van der Waals surface area (Å²) in [4.78, 5) is 7.79. The number of aromatic nitrogens is 2. The average Bonchev–Trinajstić information content (AvgIpc) is 2.04. The van der Waals surface area contributed by atoms with E-state index in [-0.39, 0.29) is 5.28 Å². The minimum absolute atomic E-state index is 0.260. The van der Waals surface area contributed by atoms with E-state index in [9.17, 15) is 0 Å². The second-order valence-corrected chi connectivity index (χ2v) is 3.12. The molecule has 0 bridgehead atoms.